The minimum Gasteiger partial charge on any atom is -0.351 e. The van der Waals surface area contributed by atoms with Gasteiger partial charge in [0.05, 0.1) is 47.6 Å². The molecule has 5 heterocycles. The summed E-state index contributed by atoms with van der Waals surface area (Å²) < 4.78 is 43.4. The summed E-state index contributed by atoms with van der Waals surface area (Å²) >= 11 is 5.81. The molecule has 6 rings (SSSR count). The van der Waals surface area contributed by atoms with Gasteiger partial charge in [-0.1, -0.05) is 23.7 Å². The van der Waals surface area contributed by atoms with Gasteiger partial charge in [0.2, 0.25) is 5.91 Å². The minimum absolute atomic E-state index is 0.0984. The second kappa shape index (κ2) is 11.6. The molecule has 0 bridgehead atoms. The maximum atomic E-state index is 14.7. The van der Waals surface area contributed by atoms with E-state index in [2.05, 4.69) is 30.3 Å². The Morgan fingerprint density at radius 2 is 1.95 bits per heavy atom. The number of benzene rings is 1. The van der Waals surface area contributed by atoms with Gasteiger partial charge in [-0.3, -0.25) is 19.3 Å². The molecule has 2 atom stereocenters. The van der Waals surface area contributed by atoms with Crippen LogP contribution >= 0.6 is 11.6 Å². The fourth-order valence-corrected chi connectivity index (χ4v) is 5.68. The molecule has 1 aromatic carbocycles. The highest BCUT2D eigenvalue weighted by atomic mass is 35.5. The Morgan fingerprint density at radius 3 is 2.70 bits per heavy atom. The number of carbonyl (C=O) groups is 2. The number of pyridine rings is 1. The summed E-state index contributed by atoms with van der Waals surface area (Å²) in [5.74, 6) is -0.208. The number of hydrogen-bond donors (Lipinski definition) is 1. The largest absolute Gasteiger partial charge is 0.351 e. The van der Waals surface area contributed by atoms with E-state index in [1.54, 1.807) is 24.0 Å². The zero-order chi connectivity index (χ0) is 30.2. The van der Waals surface area contributed by atoms with E-state index in [-0.39, 0.29) is 28.4 Å². The van der Waals surface area contributed by atoms with Crippen molar-refractivity contribution in [1.29, 1.82) is 0 Å². The summed E-state index contributed by atoms with van der Waals surface area (Å²) in [4.78, 5) is 41.4. The fraction of sp³-hybridized carbons (Fsp3) is 0.310. The van der Waals surface area contributed by atoms with Gasteiger partial charge in [-0.25, -0.2) is 23.1 Å². The van der Waals surface area contributed by atoms with E-state index < -0.39 is 29.3 Å². The van der Waals surface area contributed by atoms with Crippen molar-refractivity contribution in [2.24, 2.45) is 5.92 Å². The monoisotopic (exact) mass is 610 g/mol. The van der Waals surface area contributed by atoms with Crippen molar-refractivity contribution in [2.75, 3.05) is 29.9 Å². The molecular formula is C29H26ClF3N8O2. The third-order valence-corrected chi connectivity index (χ3v) is 8.11. The van der Waals surface area contributed by atoms with Crippen LogP contribution in [0.15, 0.2) is 55.2 Å². The molecule has 0 aliphatic carbocycles. The van der Waals surface area contributed by atoms with Crippen LogP contribution in [0.4, 0.5) is 24.7 Å². The molecule has 2 saturated heterocycles. The Bertz CT molecular complexity index is 1680. The van der Waals surface area contributed by atoms with E-state index in [0.29, 0.717) is 18.2 Å². The molecule has 2 aliphatic rings. The van der Waals surface area contributed by atoms with Gasteiger partial charge in [0.25, 0.3) is 12.3 Å². The molecule has 2 aliphatic heterocycles. The van der Waals surface area contributed by atoms with Gasteiger partial charge in [-0.05, 0) is 24.1 Å². The number of nitrogens with one attached hydrogen (secondary N) is 1. The van der Waals surface area contributed by atoms with Crippen LogP contribution in [0.2, 0.25) is 5.02 Å². The van der Waals surface area contributed by atoms with Gasteiger partial charge in [0.15, 0.2) is 5.82 Å². The predicted molar refractivity (Wildman–Crippen MR) is 152 cm³/mol. The summed E-state index contributed by atoms with van der Waals surface area (Å²) in [6.07, 6.45) is 5.10. The van der Waals surface area contributed by atoms with Crippen LogP contribution in [0.1, 0.15) is 41.4 Å². The van der Waals surface area contributed by atoms with Gasteiger partial charge < -0.3 is 15.1 Å². The predicted octanol–water partition coefficient (Wildman–Crippen LogP) is 4.82. The first-order valence-electron chi connectivity index (χ1n) is 13.6. The Morgan fingerprint density at radius 1 is 1.12 bits per heavy atom. The number of piperidine rings is 1. The lowest BCUT2D eigenvalue weighted by Crippen LogP contribution is -2.65. The number of alkyl halides is 2. The number of likely N-dealkylation sites (tertiary alicyclic amines) is 1. The number of nitrogens with zero attached hydrogens (tertiary/aromatic N) is 7. The molecule has 3 aromatic heterocycles. The van der Waals surface area contributed by atoms with E-state index in [4.69, 9.17) is 11.6 Å². The third kappa shape index (κ3) is 5.76. The summed E-state index contributed by atoms with van der Waals surface area (Å²) in [6, 6.07) is 6.26. The number of halogens is 4. The highest BCUT2D eigenvalue weighted by Gasteiger charge is 2.43. The van der Waals surface area contributed by atoms with Crippen LogP contribution in [0.3, 0.4) is 0 Å². The van der Waals surface area contributed by atoms with Gasteiger partial charge in [0, 0.05) is 56.0 Å². The Kier molecular flexibility index (Phi) is 7.74. The number of amides is 2. The molecule has 4 aromatic rings. The lowest BCUT2D eigenvalue weighted by Gasteiger charge is -2.54. The molecule has 43 heavy (non-hydrogen) atoms. The highest BCUT2D eigenvalue weighted by molar-refractivity contribution is 6.31. The van der Waals surface area contributed by atoms with E-state index in [0.717, 1.165) is 62.0 Å². The zero-order valence-electron chi connectivity index (χ0n) is 22.9. The number of fused-ring (bicyclic) bond motifs is 1. The second-order valence-electron chi connectivity index (χ2n) is 10.6. The van der Waals surface area contributed by atoms with Crippen LogP contribution < -0.4 is 10.2 Å². The molecule has 2 amide bonds. The van der Waals surface area contributed by atoms with Crippen molar-refractivity contribution in [3.05, 3.63) is 82.9 Å². The topological polar surface area (TPSA) is 109 Å². The van der Waals surface area contributed by atoms with Crippen molar-refractivity contribution >= 4 is 34.9 Å². The maximum Gasteiger partial charge on any atom is 0.275 e. The van der Waals surface area contributed by atoms with Gasteiger partial charge in [-0.15, -0.1) is 0 Å². The van der Waals surface area contributed by atoms with Crippen molar-refractivity contribution in [2.45, 2.75) is 32.4 Å². The third-order valence-electron chi connectivity index (χ3n) is 7.82. The number of carbonyl (C=O) groups excluding carboxylic acids is 2. The van der Waals surface area contributed by atoms with Crippen LogP contribution in [0.5, 0.6) is 0 Å². The van der Waals surface area contributed by atoms with Crippen LogP contribution in [-0.4, -0.2) is 67.1 Å². The van der Waals surface area contributed by atoms with Gasteiger partial charge >= 0.3 is 0 Å². The summed E-state index contributed by atoms with van der Waals surface area (Å²) in [5.41, 5.74) is -0.316. The van der Waals surface area contributed by atoms with Gasteiger partial charge in [-0.2, -0.15) is 5.10 Å². The van der Waals surface area contributed by atoms with Crippen molar-refractivity contribution in [1.82, 2.24) is 29.6 Å². The molecule has 0 saturated carbocycles. The number of anilines is 2. The molecule has 0 unspecified atom stereocenters. The summed E-state index contributed by atoms with van der Waals surface area (Å²) in [5, 5.41) is 6.57. The smallest absolute Gasteiger partial charge is 0.275 e. The van der Waals surface area contributed by atoms with Gasteiger partial charge in [0.1, 0.15) is 11.5 Å². The Hall–Kier alpha value is -4.52. The molecule has 14 heteroatoms. The lowest BCUT2D eigenvalue weighted by atomic mass is 9.82. The standard InChI is InChI=1S/C29H26ClF3N8O2/c1-16(42)39-7-6-18-13-41(24(18)15-39)25-5-2-17(8-35-25)12-40-14-19(9-36-40)37-29(43)23-11-34-10-22(38-23)26-20(28(32)33)3-4-21(30)27(26)31/h2-5,8-11,14,18,24,28H,6-7,12-13,15H2,1H3,(H,37,43)/t18-,24-/m0/s1. The van der Waals surface area contributed by atoms with Crippen molar-refractivity contribution in [3.8, 4) is 11.3 Å². The fourth-order valence-electron chi connectivity index (χ4n) is 5.53. The summed E-state index contributed by atoms with van der Waals surface area (Å²) in [7, 11) is 0. The number of rotatable bonds is 7. The van der Waals surface area contributed by atoms with E-state index >= 15 is 0 Å². The number of aromatic nitrogens is 5. The normalized spacial score (nSPS) is 17.9. The van der Waals surface area contributed by atoms with E-state index in [1.807, 2.05) is 17.0 Å². The average molecular weight is 611 g/mol. The average Bonchev–Trinajstić information content (AvgIpc) is 3.42. The van der Waals surface area contributed by atoms with Crippen LogP contribution in [0, 0.1) is 11.7 Å². The molecule has 222 valence electrons. The second-order valence-corrected chi connectivity index (χ2v) is 11.0. The van der Waals surface area contributed by atoms with Crippen LogP contribution in [-0.2, 0) is 11.3 Å². The zero-order valence-corrected chi connectivity index (χ0v) is 23.7. The molecule has 2 fully saturated rings. The first kappa shape index (κ1) is 28.6. The lowest BCUT2D eigenvalue weighted by molar-refractivity contribution is -0.131. The van der Waals surface area contributed by atoms with Crippen molar-refractivity contribution in [3.63, 3.8) is 0 Å². The van der Waals surface area contributed by atoms with Crippen molar-refractivity contribution < 1.29 is 22.8 Å². The van der Waals surface area contributed by atoms with Crippen LogP contribution in [0.25, 0.3) is 11.3 Å². The summed E-state index contributed by atoms with van der Waals surface area (Å²) in [6.45, 7) is 4.46. The maximum absolute atomic E-state index is 14.7. The first-order chi connectivity index (χ1) is 20.7. The molecule has 1 N–H and O–H groups in total. The number of hydrogen-bond acceptors (Lipinski definition) is 7. The molecular weight excluding hydrogens is 585 g/mol. The first-order valence-corrected chi connectivity index (χ1v) is 13.9. The van der Waals surface area contributed by atoms with E-state index in [1.165, 1.54) is 6.20 Å². The quantitative estimate of drug-likeness (QED) is 0.319. The Balaban J connectivity index is 1.10. The van der Waals surface area contributed by atoms with E-state index in [9.17, 15) is 22.8 Å². The molecule has 10 nitrogen and oxygen atoms in total. The minimum atomic E-state index is -2.99. The SMILES string of the molecule is CC(=O)N1CC[C@H]2CN(c3ccc(Cn4cc(NC(=O)c5cncc(-c6c(C(F)F)ccc(Cl)c6F)n5)cn4)cn3)[C@H]2C1. The Labute approximate surface area is 249 Å². The highest BCUT2D eigenvalue weighted by Crippen LogP contribution is 2.36. The molecule has 0 radical (unpaired) electrons. The molecule has 0 spiro atoms.